The van der Waals surface area contributed by atoms with Crippen LogP contribution in [0.4, 0.5) is 17.5 Å². The van der Waals surface area contributed by atoms with Crippen molar-refractivity contribution < 1.29 is 14.4 Å². The van der Waals surface area contributed by atoms with E-state index in [1.54, 1.807) is 56.8 Å². The minimum Gasteiger partial charge on any atom is -0.497 e. The Balaban J connectivity index is 1.69. The molecule has 0 atom stereocenters. The molecule has 0 saturated heterocycles. The number of aromatic nitrogens is 2. The summed E-state index contributed by atoms with van der Waals surface area (Å²) >= 11 is 0. The molecule has 0 aliphatic rings. The normalized spacial score (nSPS) is 10.9. The van der Waals surface area contributed by atoms with Crippen LogP contribution in [0.1, 0.15) is 11.1 Å². The van der Waals surface area contributed by atoms with Crippen molar-refractivity contribution in [1.82, 2.24) is 9.97 Å². The van der Waals surface area contributed by atoms with Gasteiger partial charge in [0.15, 0.2) is 0 Å². The Hall–Kier alpha value is -4.54. The van der Waals surface area contributed by atoms with Gasteiger partial charge in [0.2, 0.25) is 11.8 Å². The number of ether oxygens (including phenoxy) is 2. The molecule has 2 aromatic carbocycles. The second kappa shape index (κ2) is 10.3. The van der Waals surface area contributed by atoms with Gasteiger partial charge >= 0.3 is 5.69 Å². The van der Waals surface area contributed by atoms with Crippen LogP contribution in [0.2, 0.25) is 0 Å². The summed E-state index contributed by atoms with van der Waals surface area (Å²) in [6.45, 7) is 0. The van der Waals surface area contributed by atoms with Gasteiger partial charge in [0, 0.05) is 0 Å². The van der Waals surface area contributed by atoms with Crippen LogP contribution in [-0.2, 0) is 0 Å². The summed E-state index contributed by atoms with van der Waals surface area (Å²) in [5, 5.41) is 19.3. The number of hydrogen-bond donors (Lipinski definition) is 2. The lowest BCUT2D eigenvalue weighted by Crippen LogP contribution is -2.04. The van der Waals surface area contributed by atoms with E-state index in [-0.39, 0.29) is 17.5 Å². The van der Waals surface area contributed by atoms with Gasteiger partial charge in [-0.25, -0.2) is 10.4 Å². The lowest BCUT2D eigenvalue weighted by molar-refractivity contribution is -0.384. The molecule has 0 amide bonds. The van der Waals surface area contributed by atoms with Crippen LogP contribution < -0.4 is 20.3 Å². The van der Waals surface area contributed by atoms with Gasteiger partial charge < -0.3 is 9.47 Å². The minimum atomic E-state index is -0.602. The predicted molar refractivity (Wildman–Crippen MR) is 117 cm³/mol. The van der Waals surface area contributed by atoms with E-state index in [0.29, 0.717) is 5.75 Å². The van der Waals surface area contributed by atoms with E-state index >= 15 is 0 Å². The first-order valence-electron chi connectivity index (χ1n) is 8.96. The zero-order valence-electron chi connectivity index (χ0n) is 16.7. The molecule has 158 valence electrons. The summed E-state index contributed by atoms with van der Waals surface area (Å²) in [6.07, 6.45) is 4.13. The summed E-state index contributed by atoms with van der Waals surface area (Å²) in [4.78, 5) is 18.6. The minimum absolute atomic E-state index is 0.0671. The van der Waals surface area contributed by atoms with Crippen molar-refractivity contribution in [2.45, 2.75) is 0 Å². The molecule has 11 nitrogen and oxygen atoms in total. The monoisotopic (exact) mass is 421 g/mol. The number of nitro groups is 1. The van der Waals surface area contributed by atoms with Crippen LogP contribution in [0.15, 0.2) is 64.9 Å². The summed E-state index contributed by atoms with van der Waals surface area (Å²) in [5.41, 5.74) is 6.47. The molecular formula is C20H19N7O4. The maximum Gasteiger partial charge on any atom is 0.331 e. The van der Waals surface area contributed by atoms with Crippen LogP contribution in [-0.4, -0.2) is 41.5 Å². The fraction of sp³-hybridized carbons (Fsp3) is 0.100. The highest BCUT2D eigenvalue weighted by molar-refractivity contribution is 5.81. The molecule has 11 heteroatoms. The number of hydrazone groups is 2. The molecule has 0 radical (unpaired) electrons. The molecular weight excluding hydrogens is 402 g/mol. The van der Waals surface area contributed by atoms with Crippen LogP contribution >= 0.6 is 0 Å². The van der Waals surface area contributed by atoms with E-state index in [9.17, 15) is 10.1 Å². The van der Waals surface area contributed by atoms with Gasteiger partial charge in [0.05, 0.1) is 31.6 Å². The first-order valence-corrected chi connectivity index (χ1v) is 8.96. The second-order valence-corrected chi connectivity index (χ2v) is 5.97. The molecule has 2 N–H and O–H groups in total. The van der Waals surface area contributed by atoms with Crippen LogP contribution in [0, 0.1) is 10.1 Å². The summed E-state index contributed by atoms with van der Waals surface area (Å²) in [7, 11) is 3.16. The number of nitrogens with one attached hydrogen (secondary N) is 2. The Morgan fingerprint density at radius 3 is 1.90 bits per heavy atom. The SMILES string of the molecule is COc1ccc(/C=N/Nc2ncc([N+](=O)[O-])c(N/N=C/c3ccc(OC)cc3)n2)cc1. The number of hydrogen-bond acceptors (Lipinski definition) is 10. The van der Waals surface area contributed by atoms with E-state index in [4.69, 9.17) is 9.47 Å². The van der Waals surface area contributed by atoms with Gasteiger partial charge in [-0.1, -0.05) is 0 Å². The number of methoxy groups -OCH3 is 2. The third kappa shape index (κ3) is 5.97. The first-order chi connectivity index (χ1) is 15.1. The Kier molecular flexibility index (Phi) is 7.03. The molecule has 0 spiro atoms. The molecule has 0 saturated carbocycles. The maximum atomic E-state index is 11.2. The van der Waals surface area contributed by atoms with E-state index in [1.165, 1.54) is 6.21 Å². The number of rotatable bonds is 9. The highest BCUT2D eigenvalue weighted by atomic mass is 16.6. The van der Waals surface area contributed by atoms with Gasteiger partial charge in [0.1, 0.15) is 17.7 Å². The maximum absolute atomic E-state index is 11.2. The smallest absolute Gasteiger partial charge is 0.331 e. The molecule has 0 aliphatic carbocycles. The van der Waals surface area contributed by atoms with Crippen molar-refractivity contribution in [2.75, 3.05) is 25.1 Å². The topological polar surface area (TPSA) is 136 Å². The van der Waals surface area contributed by atoms with Gasteiger partial charge in [-0.2, -0.15) is 15.2 Å². The summed E-state index contributed by atoms with van der Waals surface area (Å²) in [5.74, 6) is 1.43. The van der Waals surface area contributed by atoms with E-state index in [0.717, 1.165) is 23.1 Å². The first kappa shape index (κ1) is 21.2. The predicted octanol–water partition coefficient (Wildman–Crippen LogP) is 3.29. The lowest BCUT2D eigenvalue weighted by Gasteiger charge is -2.04. The van der Waals surface area contributed by atoms with E-state index < -0.39 is 4.92 Å². The Morgan fingerprint density at radius 2 is 1.42 bits per heavy atom. The van der Waals surface area contributed by atoms with E-state index in [2.05, 4.69) is 31.0 Å². The van der Waals surface area contributed by atoms with Crippen molar-refractivity contribution in [3.05, 3.63) is 76.0 Å². The largest absolute Gasteiger partial charge is 0.497 e. The van der Waals surface area contributed by atoms with Gasteiger partial charge in [0.25, 0.3) is 0 Å². The highest BCUT2D eigenvalue weighted by Gasteiger charge is 2.16. The fourth-order valence-corrected chi connectivity index (χ4v) is 2.36. The standard InChI is InChI=1S/C20H19N7O4/c1-30-16-7-3-14(4-8-16)11-22-25-19-18(27(28)29)13-21-20(24-19)26-23-12-15-5-9-17(31-2)10-6-15/h3-13H,1-2H3,(H2,21,24,25,26)/b22-11+,23-12+. The van der Waals surface area contributed by atoms with E-state index in [1.807, 2.05) is 12.1 Å². The lowest BCUT2D eigenvalue weighted by atomic mass is 10.2. The van der Waals surface area contributed by atoms with Crippen molar-refractivity contribution in [2.24, 2.45) is 10.2 Å². The van der Waals surface area contributed by atoms with Crippen molar-refractivity contribution in [1.29, 1.82) is 0 Å². The van der Waals surface area contributed by atoms with Crippen molar-refractivity contribution in [3.63, 3.8) is 0 Å². The summed E-state index contributed by atoms with van der Waals surface area (Å²) < 4.78 is 10.2. The van der Waals surface area contributed by atoms with Gasteiger partial charge in [-0.05, 0) is 59.7 Å². The second-order valence-electron chi connectivity index (χ2n) is 5.97. The number of benzene rings is 2. The van der Waals surface area contributed by atoms with Gasteiger partial charge in [-0.15, -0.1) is 0 Å². The number of anilines is 2. The van der Waals surface area contributed by atoms with Crippen LogP contribution in [0.5, 0.6) is 11.5 Å². The highest BCUT2D eigenvalue weighted by Crippen LogP contribution is 2.22. The molecule has 1 aromatic heterocycles. The third-order valence-corrected chi connectivity index (χ3v) is 3.96. The molecule has 0 aliphatic heterocycles. The van der Waals surface area contributed by atoms with Crippen LogP contribution in [0.3, 0.4) is 0 Å². The third-order valence-electron chi connectivity index (χ3n) is 3.96. The van der Waals surface area contributed by atoms with Crippen molar-refractivity contribution in [3.8, 4) is 11.5 Å². The zero-order chi connectivity index (χ0) is 22.1. The average molecular weight is 421 g/mol. The molecule has 1 heterocycles. The zero-order valence-corrected chi connectivity index (χ0v) is 16.7. The van der Waals surface area contributed by atoms with Crippen molar-refractivity contribution >= 4 is 29.9 Å². The Labute approximate surface area is 177 Å². The Bertz CT molecular complexity index is 1080. The Morgan fingerprint density at radius 1 is 0.903 bits per heavy atom. The fourth-order valence-electron chi connectivity index (χ4n) is 2.36. The molecule has 3 rings (SSSR count). The molecule has 3 aromatic rings. The molecule has 31 heavy (non-hydrogen) atoms. The molecule has 0 bridgehead atoms. The van der Waals surface area contributed by atoms with Crippen LogP contribution in [0.25, 0.3) is 0 Å². The average Bonchev–Trinajstić information content (AvgIpc) is 2.80. The quantitative estimate of drug-likeness (QED) is 0.305. The summed E-state index contributed by atoms with van der Waals surface area (Å²) in [6, 6.07) is 14.4. The van der Waals surface area contributed by atoms with Gasteiger partial charge in [-0.3, -0.25) is 15.5 Å². The molecule has 0 fully saturated rings. The molecule has 0 unspecified atom stereocenters. The number of nitrogens with zero attached hydrogens (tertiary/aromatic N) is 5.